The van der Waals surface area contributed by atoms with Gasteiger partial charge in [0.05, 0.1) is 22.5 Å². The maximum Gasteiger partial charge on any atom is 0.437 e. The molecular formula is C22H16F4N8O2. The molecule has 0 aliphatic rings. The number of pyridine rings is 1. The molecule has 1 unspecified atom stereocenters. The summed E-state index contributed by atoms with van der Waals surface area (Å²) in [4.78, 5) is 23.5. The first-order valence-corrected chi connectivity index (χ1v) is 10.2. The average Bonchev–Trinajstić information content (AvgIpc) is 3.13. The number of nitrogens with two attached hydrogens (primary N) is 1. The molecule has 184 valence electrons. The van der Waals surface area contributed by atoms with E-state index in [-0.39, 0.29) is 45.8 Å². The number of benzene rings is 1. The Kier molecular flexibility index (Phi) is 6.25. The molecule has 0 spiro atoms. The van der Waals surface area contributed by atoms with Gasteiger partial charge < -0.3 is 16.2 Å². The molecule has 4 aromatic rings. The van der Waals surface area contributed by atoms with Gasteiger partial charge >= 0.3 is 6.18 Å². The zero-order valence-electron chi connectivity index (χ0n) is 18.4. The number of amides is 1. The predicted octanol–water partition coefficient (Wildman–Crippen LogP) is 2.81. The number of primary amides is 1. The number of aliphatic hydroxyl groups is 1. The fourth-order valence-corrected chi connectivity index (χ4v) is 3.49. The molecule has 14 heteroatoms. The van der Waals surface area contributed by atoms with Gasteiger partial charge in [-0.05, 0) is 25.1 Å². The minimum Gasteiger partial charge on any atom is -0.369 e. The maximum atomic E-state index is 13.8. The molecular weight excluding hydrogens is 484 g/mol. The van der Waals surface area contributed by atoms with E-state index in [1.807, 2.05) is 6.07 Å². The lowest BCUT2D eigenvalue weighted by molar-refractivity contribution is -0.140. The Labute approximate surface area is 200 Å². The number of hydrogen-bond donors (Lipinski definition) is 3. The Balaban J connectivity index is 1.76. The van der Waals surface area contributed by atoms with Crippen molar-refractivity contribution in [1.82, 2.24) is 24.7 Å². The number of rotatable bonds is 6. The molecule has 3 aromatic heterocycles. The number of halogens is 4. The third-order valence-corrected chi connectivity index (χ3v) is 5.23. The van der Waals surface area contributed by atoms with Crippen LogP contribution in [0.5, 0.6) is 0 Å². The summed E-state index contributed by atoms with van der Waals surface area (Å²) in [6.07, 6.45) is -4.24. The lowest BCUT2D eigenvalue weighted by Crippen LogP contribution is -2.18. The van der Waals surface area contributed by atoms with E-state index in [0.717, 1.165) is 22.9 Å². The summed E-state index contributed by atoms with van der Waals surface area (Å²) in [5.41, 5.74) is 3.21. The number of hydrogen-bond acceptors (Lipinski definition) is 8. The first-order chi connectivity index (χ1) is 17.0. The standard InChI is InChI=1S/C22H16F4N8O2/c1-10-18(19(22(24,25)26)33-34(10)9-17-29-7-11(6-27)8-30-17)32-21(36)14-5-16(20(28)35)31-15-4-12(23)2-3-13(14)15/h2-5,7-8,21,32,36H,9H2,1H3,(H2,28,35). The van der Waals surface area contributed by atoms with E-state index >= 15 is 0 Å². The number of carbonyl (C=O) groups excluding carboxylic acids is 1. The summed E-state index contributed by atoms with van der Waals surface area (Å²) in [7, 11) is 0. The Morgan fingerprint density at radius 1 is 1.28 bits per heavy atom. The molecule has 1 amide bonds. The van der Waals surface area contributed by atoms with Gasteiger partial charge in [-0.25, -0.2) is 19.3 Å². The molecule has 0 aliphatic carbocycles. The van der Waals surface area contributed by atoms with Crippen molar-refractivity contribution in [2.75, 3.05) is 5.32 Å². The van der Waals surface area contributed by atoms with E-state index in [0.29, 0.717) is 0 Å². The van der Waals surface area contributed by atoms with Crippen LogP contribution >= 0.6 is 0 Å². The van der Waals surface area contributed by atoms with Crippen LogP contribution in [0.4, 0.5) is 23.2 Å². The van der Waals surface area contributed by atoms with Crippen molar-refractivity contribution < 1.29 is 27.5 Å². The zero-order valence-corrected chi connectivity index (χ0v) is 18.4. The molecule has 0 radical (unpaired) electrons. The number of aromatic nitrogens is 5. The van der Waals surface area contributed by atoms with Crippen LogP contribution in [0.15, 0.2) is 36.7 Å². The molecule has 1 atom stereocenters. The lowest BCUT2D eigenvalue weighted by Gasteiger charge is -2.18. The summed E-state index contributed by atoms with van der Waals surface area (Å²) in [6.45, 7) is 1.09. The van der Waals surface area contributed by atoms with Gasteiger partial charge in [-0.2, -0.15) is 23.5 Å². The van der Waals surface area contributed by atoms with Gasteiger partial charge in [0, 0.05) is 29.4 Å². The van der Waals surface area contributed by atoms with Crippen LogP contribution in [-0.4, -0.2) is 35.7 Å². The molecule has 4 N–H and O–H groups in total. The highest BCUT2D eigenvalue weighted by atomic mass is 19.4. The van der Waals surface area contributed by atoms with Gasteiger partial charge in [0.25, 0.3) is 5.91 Å². The normalized spacial score (nSPS) is 12.4. The van der Waals surface area contributed by atoms with Crippen molar-refractivity contribution in [2.24, 2.45) is 5.73 Å². The number of nitrogens with zero attached hydrogens (tertiary/aromatic N) is 6. The number of carbonyl (C=O) groups is 1. The number of nitrogens with one attached hydrogen (secondary N) is 1. The number of fused-ring (bicyclic) bond motifs is 1. The van der Waals surface area contributed by atoms with E-state index in [9.17, 15) is 27.5 Å². The van der Waals surface area contributed by atoms with E-state index in [4.69, 9.17) is 11.0 Å². The first-order valence-electron chi connectivity index (χ1n) is 10.2. The fraction of sp³-hybridized carbons (Fsp3) is 0.182. The smallest absolute Gasteiger partial charge is 0.369 e. The van der Waals surface area contributed by atoms with E-state index < -0.39 is 35.5 Å². The Bertz CT molecular complexity index is 1510. The Morgan fingerprint density at radius 2 is 1.97 bits per heavy atom. The second-order valence-corrected chi connectivity index (χ2v) is 7.63. The van der Waals surface area contributed by atoms with Crippen LogP contribution in [0, 0.1) is 24.1 Å². The Hall–Kier alpha value is -4.64. The van der Waals surface area contributed by atoms with Crippen LogP contribution in [0.2, 0.25) is 0 Å². The highest BCUT2D eigenvalue weighted by Gasteiger charge is 2.39. The molecule has 36 heavy (non-hydrogen) atoms. The molecule has 4 rings (SSSR count). The molecule has 3 heterocycles. The zero-order chi connectivity index (χ0) is 26.2. The van der Waals surface area contributed by atoms with Crippen molar-refractivity contribution in [3.8, 4) is 6.07 Å². The number of anilines is 1. The minimum atomic E-state index is -4.90. The minimum absolute atomic E-state index is 0.00568. The molecule has 0 fully saturated rings. The van der Waals surface area contributed by atoms with Gasteiger partial charge in [0.1, 0.15) is 29.9 Å². The largest absolute Gasteiger partial charge is 0.437 e. The van der Waals surface area contributed by atoms with Gasteiger partial charge in [-0.15, -0.1) is 0 Å². The molecule has 1 aromatic carbocycles. The van der Waals surface area contributed by atoms with E-state index in [2.05, 4.69) is 25.4 Å². The monoisotopic (exact) mass is 500 g/mol. The molecule has 0 aliphatic heterocycles. The van der Waals surface area contributed by atoms with Gasteiger partial charge in [-0.1, -0.05) is 0 Å². The topological polar surface area (TPSA) is 156 Å². The number of alkyl halides is 3. The molecule has 0 saturated heterocycles. The molecule has 0 bridgehead atoms. The van der Waals surface area contributed by atoms with Crippen molar-refractivity contribution in [1.29, 1.82) is 5.26 Å². The van der Waals surface area contributed by atoms with Crippen LogP contribution < -0.4 is 11.1 Å². The van der Waals surface area contributed by atoms with Gasteiger partial charge in [0.15, 0.2) is 11.9 Å². The predicted molar refractivity (Wildman–Crippen MR) is 117 cm³/mol. The molecule has 0 saturated carbocycles. The summed E-state index contributed by atoms with van der Waals surface area (Å²) in [5, 5.41) is 25.9. The number of nitriles is 1. The van der Waals surface area contributed by atoms with Crippen LogP contribution in [0.1, 0.15) is 45.1 Å². The second-order valence-electron chi connectivity index (χ2n) is 7.63. The summed E-state index contributed by atoms with van der Waals surface area (Å²) >= 11 is 0. The van der Waals surface area contributed by atoms with Crippen molar-refractivity contribution >= 4 is 22.5 Å². The van der Waals surface area contributed by atoms with Crippen molar-refractivity contribution in [2.45, 2.75) is 25.9 Å². The fourth-order valence-electron chi connectivity index (χ4n) is 3.49. The van der Waals surface area contributed by atoms with Crippen LogP contribution in [0.25, 0.3) is 10.9 Å². The van der Waals surface area contributed by atoms with Gasteiger partial charge in [-0.3, -0.25) is 9.48 Å². The maximum absolute atomic E-state index is 13.8. The highest BCUT2D eigenvalue weighted by molar-refractivity contribution is 5.95. The van der Waals surface area contributed by atoms with Crippen molar-refractivity contribution in [3.05, 3.63) is 76.5 Å². The summed E-state index contributed by atoms with van der Waals surface area (Å²) < 4.78 is 56.2. The first kappa shape index (κ1) is 24.5. The summed E-state index contributed by atoms with van der Waals surface area (Å²) in [6, 6.07) is 6.29. The highest BCUT2D eigenvalue weighted by Crippen LogP contribution is 2.38. The second kappa shape index (κ2) is 9.19. The third-order valence-electron chi connectivity index (χ3n) is 5.23. The van der Waals surface area contributed by atoms with Crippen molar-refractivity contribution in [3.63, 3.8) is 0 Å². The molecule has 10 nitrogen and oxygen atoms in total. The SMILES string of the molecule is Cc1c(NC(O)c2cc(C(N)=O)nc3cc(F)ccc23)c(C(F)(F)F)nn1Cc1ncc(C#N)cn1. The quantitative estimate of drug-likeness (QED) is 0.270. The Morgan fingerprint density at radius 3 is 2.58 bits per heavy atom. The van der Waals surface area contributed by atoms with E-state index in [1.54, 1.807) is 0 Å². The van der Waals surface area contributed by atoms with Crippen LogP contribution in [-0.2, 0) is 12.7 Å². The average molecular weight is 500 g/mol. The number of aliphatic hydroxyl groups excluding tert-OH is 1. The van der Waals surface area contributed by atoms with E-state index in [1.165, 1.54) is 25.4 Å². The summed E-state index contributed by atoms with van der Waals surface area (Å²) in [5.74, 6) is -1.54. The van der Waals surface area contributed by atoms with Crippen LogP contribution in [0.3, 0.4) is 0 Å². The third kappa shape index (κ3) is 4.77. The van der Waals surface area contributed by atoms with Gasteiger partial charge in [0.2, 0.25) is 0 Å². The lowest BCUT2D eigenvalue weighted by atomic mass is 10.1.